The van der Waals surface area contributed by atoms with Crippen LogP contribution >= 0.6 is 0 Å². The Labute approximate surface area is 108 Å². The standard InChI is InChI=1S/C14H22F2N2/c1-3-4-5-8-18(2)10-14(17)11-6-7-12(15)13(16)9-11/h6-7,9,14H,3-5,8,10,17H2,1-2H3. The van der Waals surface area contributed by atoms with Gasteiger partial charge in [0.15, 0.2) is 11.6 Å². The molecule has 0 amide bonds. The fourth-order valence-corrected chi connectivity index (χ4v) is 1.91. The predicted octanol–water partition coefficient (Wildman–Crippen LogP) is 3.09. The Morgan fingerprint density at radius 3 is 2.56 bits per heavy atom. The molecule has 0 aliphatic rings. The number of nitrogens with two attached hydrogens (primary N) is 1. The third-order valence-corrected chi connectivity index (χ3v) is 3.02. The van der Waals surface area contributed by atoms with E-state index in [1.54, 1.807) is 6.07 Å². The van der Waals surface area contributed by atoms with Gasteiger partial charge in [0.2, 0.25) is 0 Å². The van der Waals surface area contributed by atoms with Crippen LogP contribution in [0.2, 0.25) is 0 Å². The maximum absolute atomic E-state index is 13.1. The molecule has 1 aromatic rings. The van der Waals surface area contributed by atoms with E-state index in [9.17, 15) is 8.78 Å². The average molecular weight is 256 g/mol. The SMILES string of the molecule is CCCCCN(C)CC(N)c1ccc(F)c(F)c1. The van der Waals surface area contributed by atoms with Gasteiger partial charge in [0.25, 0.3) is 0 Å². The Morgan fingerprint density at radius 1 is 1.22 bits per heavy atom. The molecule has 0 aliphatic heterocycles. The fourth-order valence-electron chi connectivity index (χ4n) is 1.91. The van der Waals surface area contributed by atoms with Gasteiger partial charge in [0, 0.05) is 12.6 Å². The third kappa shape index (κ3) is 4.70. The molecular weight excluding hydrogens is 234 g/mol. The molecule has 0 aliphatic carbocycles. The summed E-state index contributed by atoms with van der Waals surface area (Å²) in [5.41, 5.74) is 6.62. The van der Waals surface area contributed by atoms with Gasteiger partial charge in [-0.3, -0.25) is 0 Å². The summed E-state index contributed by atoms with van der Waals surface area (Å²) in [5.74, 6) is -1.67. The second kappa shape index (κ2) is 7.44. The molecule has 0 fully saturated rings. The van der Waals surface area contributed by atoms with Crippen LogP contribution in [0.15, 0.2) is 18.2 Å². The van der Waals surface area contributed by atoms with E-state index < -0.39 is 11.6 Å². The van der Waals surface area contributed by atoms with Crippen molar-refractivity contribution in [1.29, 1.82) is 0 Å². The second-order valence-corrected chi connectivity index (χ2v) is 4.75. The summed E-state index contributed by atoms with van der Waals surface area (Å²) in [6.45, 7) is 3.78. The van der Waals surface area contributed by atoms with Gasteiger partial charge in [-0.1, -0.05) is 25.8 Å². The zero-order valence-electron chi connectivity index (χ0n) is 11.1. The second-order valence-electron chi connectivity index (χ2n) is 4.75. The smallest absolute Gasteiger partial charge is 0.159 e. The molecule has 18 heavy (non-hydrogen) atoms. The van der Waals surface area contributed by atoms with Crippen molar-refractivity contribution in [1.82, 2.24) is 4.90 Å². The van der Waals surface area contributed by atoms with Crippen molar-refractivity contribution in [2.24, 2.45) is 5.73 Å². The average Bonchev–Trinajstić information content (AvgIpc) is 2.33. The first-order valence-corrected chi connectivity index (χ1v) is 6.43. The minimum atomic E-state index is -0.836. The lowest BCUT2D eigenvalue weighted by molar-refractivity contribution is 0.305. The van der Waals surface area contributed by atoms with Gasteiger partial charge < -0.3 is 10.6 Å². The summed E-state index contributed by atoms with van der Waals surface area (Å²) in [4.78, 5) is 2.13. The van der Waals surface area contributed by atoms with Crippen LogP contribution in [-0.2, 0) is 0 Å². The number of benzene rings is 1. The lowest BCUT2D eigenvalue weighted by atomic mass is 10.1. The molecule has 1 aromatic carbocycles. The van der Waals surface area contributed by atoms with Crippen molar-refractivity contribution in [2.75, 3.05) is 20.1 Å². The highest BCUT2D eigenvalue weighted by Gasteiger charge is 2.11. The van der Waals surface area contributed by atoms with Gasteiger partial charge in [-0.2, -0.15) is 0 Å². The van der Waals surface area contributed by atoms with E-state index in [0.29, 0.717) is 12.1 Å². The highest BCUT2D eigenvalue weighted by atomic mass is 19.2. The van der Waals surface area contributed by atoms with Gasteiger partial charge in [0.1, 0.15) is 0 Å². The number of hydrogen-bond donors (Lipinski definition) is 1. The van der Waals surface area contributed by atoms with Crippen molar-refractivity contribution < 1.29 is 8.78 Å². The lowest BCUT2D eigenvalue weighted by Gasteiger charge is -2.21. The van der Waals surface area contributed by atoms with E-state index in [1.165, 1.54) is 18.9 Å². The highest BCUT2D eigenvalue weighted by Crippen LogP contribution is 2.15. The van der Waals surface area contributed by atoms with E-state index in [-0.39, 0.29) is 6.04 Å². The van der Waals surface area contributed by atoms with Crippen LogP contribution in [-0.4, -0.2) is 25.0 Å². The number of rotatable bonds is 7. The molecule has 4 heteroatoms. The Bertz CT molecular complexity index is 369. The molecule has 0 saturated heterocycles. The minimum Gasteiger partial charge on any atom is -0.323 e. The van der Waals surface area contributed by atoms with E-state index in [2.05, 4.69) is 11.8 Å². The van der Waals surface area contributed by atoms with Crippen LogP contribution in [0.5, 0.6) is 0 Å². The first-order valence-electron chi connectivity index (χ1n) is 6.43. The quantitative estimate of drug-likeness (QED) is 0.760. The van der Waals surface area contributed by atoms with Crippen molar-refractivity contribution in [2.45, 2.75) is 32.2 Å². The molecule has 0 aromatic heterocycles. The molecule has 0 spiro atoms. The number of hydrogen-bond acceptors (Lipinski definition) is 2. The molecular formula is C14H22F2N2. The van der Waals surface area contributed by atoms with Crippen LogP contribution in [0.1, 0.15) is 37.8 Å². The van der Waals surface area contributed by atoms with Crippen molar-refractivity contribution in [3.63, 3.8) is 0 Å². The summed E-state index contributed by atoms with van der Waals surface area (Å²) < 4.78 is 25.9. The number of likely N-dealkylation sites (N-methyl/N-ethyl adjacent to an activating group) is 1. The molecule has 0 radical (unpaired) electrons. The van der Waals surface area contributed by atoms with Crippen LogP contribution < -0.4 is 5.73 Å². The van der Waals surface area contributed by atoms with E-state index in [0.717, 1.165) is 19.0 Å². The first-order chi connectivity index (χ1) is 8.54. The molecule has 2 nitrogen and oxygen atoms in total. The molecule has 1 unspecified atom stereocenters. The number of halogens is 2. The normalized spacial score (nSPS) is 13.0. The van der Waals surface area contributed by atoms with Gasteiger partial charge in [-0.25, -0.2) is 8.78 Å². The zero-order chi connectivity index (χ0) is 13.5. The topological polar surface area (TPSA) is 29.3 Å². The highest BCUT2D eigenvalue weighted by molar-refractivity contribution is 5.21. The minimum absolute atomic E-state index is 0.285. The van der Waals surface area contributed by atoms with Crippen LogP contribution in [0.4, 0.5) is 8.78 Å². The molecule has 0 saturated carbocycles. The van der Waals surface area contributed by atoms with Gasteiger partial charge in [0.05, 0.1) is 0 Å². The number of nitrogens with zero attached hydrogens (tertiary/aromatic N) is 1. The molecule has 1 rings (SSSR count). The summed E-state index contributed by atoms with van der Waals surface area (Å²) in [7, 11) is 2.00. The van der Waals surface area contributed by atoms with E-state index in [4.69, 9.17) is 5.73 Å². The largest absolute Gasteiger partial charge is 0.323 e. The third-order valence-electron chi connectivity index (χ3n) is 3.02. The van der Waals surface area contributed by atoms with E-state index in [1.807, 2.05) is 7.05 Å². The fraction of sp³-hybridized carbons (Fsp3) is 0.571. The van der Waals surface area contributed by atoms with Gasteiger partial charge in [-0.05, 0) is 37.7 Å². The Hall–Kier alpha value is -1.00. The van der Waals surface area contributed by atoms with Crippen molar-refractivity contribution >= 4 is 0 Å². The van der Waals surface area contributed by atoms with Gasteiger partial charge in [-0.15, -0.1) is 0 Å². The molecule has 102 valence electrons. The summed E-state index contributed by atoms with van der Waals surface area (Å²) in [6.07, 6.45) is 3.52. The Kier molecular flexibility index (Phi) is 6.22. The van der Waals surface area contributed by atoms with Crippen LogP contribution in [0.3, 0.4) is 0 Å². The van der Waals surface area contributed by atoms with Crippen LogP contribution in [0.25, 0.3) is 0 Å². The maximum atomic E-state index is 13.1. The Balaban J connectivity index is 2.48. The lowest BCUT2D eigenvalue weighted by Crippen LogP contribution is -2.30. The predicted molar refractivity (Wildman–Crippen MR) is 70.3 cm³/mol. The summed E-state index contributed by atoms with van der Waals surface area (Å²) in [6, 6.07) is 3.57. The molecule has 0 heterocycles. The first kappa shape index (κ1) is 15.1. The monoisotopic (exact) mass is 256 g/mol. The zero-order valence-corrected chi connectivity index (χ0v) is 11.1. The van der Waals surface area contributed by atoms with Crippen molar-refractivity contribution in [3.8, 4) is 0 Å². The molecule has 1 atom stereocenters. The summed E-state index contributed by atoms with van der Waals surface area (Å²) >= 11 is 0. The Morgan fingerprint density at radius 2 is 1.94 bits per heavy atom. The molecule has 2 N–H and O–H groups in total. The summed E-state index contributed by atoms with van der Waals surface area (Å²) in [5, 5.41) is 0. The van der Waals surface area contributed by atoms with Crippen LogP contribution in [0, 0.1) is 11.6 Å². The molecule has 0 bridgehead atoms. The van der Waals surface area contributed by atoms with E-state index >= 15 is 0 Å². The number of unbranched alkanes of at least 4 members (excludes halogenated alkanes) is 2. The van der Waals surface area contributed by atoms with Gasteiger partial charge >= 0.3 is 0 Å². The van der Waals surface area contributed by atoms with Crippen molar-refractivity contribution in [3.05, 3.63) is 35.4 Å². The maximum Gasteiger partial charge on any atom is 0.159 e.